The number of halogens is 1. The van der Waals surface area contributed by atoms with Crippen molar-refractivity contribution in [3.8, 4) is 11.5 Å². The van der Waals surface area contributed by atoms with Crippen LogP contribution in [-0.4, -0.2) is 31.0 Å². The van der Waals surface area contributed by atoms with E-state index in [1.165, 1.54) is 12.1 Å². The zero-order chi connectivity index (χ0) is 16.5. The van der Waals surface area contributed by atoms with E-state index < -0.39 is 32.4 Å². The van der Waals surface area contributed by atoms with Crippen LogP contribution in [0.5, 0.6) is 11.5 Å². The molecule has 2 rings (SSSR count). The molecule has 0 aliphatic heterocycles. The van der Waals surface area contributed by atoms with E-state index in [0.29, 0.717) is 0 Å². The SMILES string of the molecule is COc1cc(O)c(C(=O)c2ccc(F)cc2)cc1S(=O)(=O)O. The van der Waals surface area contributed by atoms with Crippen molar-refractivity contribution in [3.63, 3.8) is 0 Å². The molecule has 0 unspecified atom stereocenters. The highest BCUT2D eigenvalue weighted by atomic mass is 32.2. The second kappa shape index (κ2) is 5.74. The zero-order valence-corrected chi connectivity index (χ0v) is 12.1. The monoisotopic (exact) mass is 326 g/mol. The molecule has 0 aliphatic carbocycles. The second-order valence-corrected chi connectivity index (χ2v) is 5.72. The summed E-state index contributed by atoms with van der Waals surface area (Å²) in [5, 5.41) is 9.85. The lowest BCUT2D eigenvalue weighted by Gasteiger charge is -2.10. The molecule has 6 nitrogen and oxygen atoms in total. The molecule has 0 radical (unpaired) electrons. The lowest BCUT2D eigenvalue weighted by molar-refractivity contribution is 0.103. The number of carbonyl (C=O) groups excluding carboxylic acids is 1. The Kier molecular flexibility index (Phi) is 4.16. The maximum absolute atomic E-state index is 12.9. The van der Waals surface area contributed by atoms with Gasteiger partial charge in [0.25, 0.3) is 10.1 Å². The van der Waals surface area contributed by atoms with Crippen LogP contribution in [0.2, 0.25) is 0 Å². The van der Waals surface area contributed by atoms with Gasteiger partial charge in [-0.2, -0.15) is 8.42 Å². The number of rotatable bonds is 4. The summed E-state index contributed by atoms with van der Waals surface area (Å²) < 4.78 is 49.4. The molecule has 8 heteroatoms. The van der Waals surface area contributed by atoms with Crippen molar-refractivity contribution in [2.24, 2.45) is 0 Å². The largest absolute Gasteiger partial charge is 0.507 e. The maximum Gasteiger partial charge on any atom is 0.298 e. The van der Waals surface area contributed by atoms with Gasteiger partial charge in [-0.15, -0.1) is 0 Å². The van der Waals surface area contributed by atoms with Crippen LogP contribution < -0.4 is 4.74 Å². The number of ether oxygens (including phenoxy) is 1. The lowest BCUT2D eigenvalue weighted by atomic mass is 10.0. The van der Waals surface area contributed by atoms with Crippen LogP contribution in [0.3, 0.4) is 0 Å². The second-order valence-electron chi connectivity index (χ2n) is 4.33. The van der Waals surface area contributed by atoms with Gasteiger partial charge in [-0.3, -0.25) is 9.35 Å². The van der Waals surface area contributed by atoms with E-state index in [2.05, 4.69) is 0 Å². The minimum absolute atomic E-state index is 0.0446. The maximum atomic E-state index is 12.9. The van der Waals surface area contributed by atoms with Gasteiger partial charge in [0, 0.05) is 11.6 Å². The van der Waals surface area contributed by atoms with Gasteiger partial charge in [0.05, 0.1) is 12.7 Å². The molecule has 0 aliphatic rings. The predicted molar refractivity (Wildman–Crippen MR) is 74.3 cm³/mol. The molecule has 0 saturated carbocycles. The fourth-order valence-corrected chi connectivity index (χ4v) is 2.51. The van der Waals surface area contributed by atoms with Gasteiger partial charge in [-0.1, -0.05) is 0 Å². The summed E-state index contributed by atoms with van der Waals surface area (Å²) in [6.45, 7) is 0. The molecule has 2 N–H and O–H groups in total. The number of hydrogen-bond donors (Lipinski definition) is 2. The molecule has 0 bridgehead atoms. The lowest BCUT2D eigenvalue weighted by Crippen LogP contribution is -2.07. The number of aromatic hydroxyl groups is 1. The van der Waals surface area contributed by atoms with E-state index in [-0.39, 0.29) is 16.9 Å². The Bertz CT molecular complexity index is 827. The van der Waals surface area contributed by atoms with Gasteiger partial charge < -0.3 is 9.84 Å². The Balaban J connectivity index is 2.60. The fraction of sp³-hybridized carbons (Fsp3) is 0.0714. The topological polar surface area (TPSA) is 101 Å². The molecule has 22 heavy (non-hydrogen) atoms. The number of hydrogen-bond acceptors (Lipinski definition) is 5. The molecule has 0 spiro atoms. The van der Waals surface area contributed by atoms with Gasteiger partial charge >= 0.3 is 0 Å². The Morgan fingerprint density at radius 1 is 1.18 bits per heavy atom. The number of phenolic OH excluding ortho intramolecular Hbond substituents is 1. The van der Waals surface area contributed by atoms with Gasteiger partial charge in [0.2, 0.25) is 0 Å². The van der Waals surface area contributed by atoms with Crippen LogP contribution in [0, 0.1) is 5.82 Å². The number of carbonyl (C=O) groups is 1. The van der Waals surface area contributed by atoms with E-state index in [1.807, 2.05) is 0 Å². The smallest absolute Gasteiger partial charge is 0.298 e. The van der Waals surface area contributed by atoms with Crippen LogP contribution in [-0.2, 0) is 10.1 Å². The van der Waals surface area contributed by atoms with Crippen LogP contribution in [0.25, 0.3) is 0 Å². The molecular formula is C14H11FO6S. The van der Waals surface area contributed by atoms with Crippen LogP contribution in [0.15, 0.2) is 41.3 Å². The van der Waals surface area contributed by atoms with Crippen molar-refractivity contribution in [1.82, 2.24) is 0 Å². The third kappa shape index (κ3) is 3.07. The van der Waals surface area contributed by atoms with Crippen LogP contribution in [0.1, 0.15) is 15.9 Å². The van der Waals surface area contributed by atoms with Gasteiger partial charge in [-0.05, 0) is 30.3 Å². The Morgan fingerprint density at radius 3 is 2.27 bits per heavy atom. The molecule has 0 fully saturated rings. The Hall–Kier alpha value is -2.45. The number of phenols is 1. The van der Waals surface area contributed by atoms with Crippen molar-refractivity contribution in [1.29, 1.82) is 0 Å². The summed E-state index contributed by atoms with van der Waals surface area (Å²) >= 11 is 0. The quantitative estimate of drug-likeness (QED) is 0.658. The molecule has 2 aromatic carbocycles. The van der Waals surface area contributed by atoms with E-state index in [9.17, 15) is 22.7 Å². The molecule has 0 saturated heterocycles. The summed E-state index contributed by atoms with van der Waals surface area (Å²) in [7, 11) is -3.51. The number of ketones is 1. The van der Waals surface area contributed by atoms with Gasteiger partial charge in [0.15, 0.2) is 5.78 Å². The zero-order valence-electron chi connectivity index (χ0n) is 11.3. The first-order valence-electron chi connectivity index (χ1n) is 5.93. The summed E-state index contributed by atoms with van der Waals surface area (Å²) in [5.74, 6) is -2.12. The third-order valence-electron chi connectivity index (χ3n) is 2.91. The predicted octanol–water partition coefficient (Wildman–Crippen LogP) is 2.02. The normalized spacial score (nSPS) is 11.2. The minimum atomic E-state index is -4.66. The van der Waals surface area contributed by atoms with Crippen molar-refractivity contribution in [2.75, 3.05) is 7.11 Å². The highest BCUT2D eigenvalue weighted by molar-refractivity contribution is 7.86. The number of benzene rings is 2. The van der Waals surface area contributed by atoms with Crippen molar-refractivity contribution in [2.45, 2.75) is 4.90 Å². The van der Waals surface area contributed by atoms with Gasteiger partial charge in [0.1, 0.15) is 22.2 Å². The first-order chi connectivity index (χ1) is 10.2. The minimum Gasteiger partial charge on any atom is -0.507 e. The van der Waals surface area contributed by atoms with E-state index in [0.717, 1.165) is 31.4 Å². The van der Waals surface area contributed by atoms with E-state index in [1.54, 1.807) is 0 Å². The molecule has 0 amide bonds. The highest BCUT2D eigenvalue weighted by Gasteiger charge is 2.23. The summed E-state index contributed by atoms with van der Waals surface area (Å²) in [6.07, 6.45) is 0. The third-order valence-corrected chi connectivity index (χ3v) is 3.79. The molecular weight excluding hydrogens is 315 g/mol. The average molecular weight is 326 g/mol. The summed E-state index contributed by atoms with van der Waals surface area (Å²) in [5.41, 5.74) is -0.316. The molecule has 0 aromatic heterocycles. The molecule has 116 valence electrons. The molecule has 2 aromatic rings. The van der Waals surface area contributed by atoms with Crippen LogP contribution in [0.4, 0.5) is 4.39 Å². The van der Waals surface area contributed by atoms with Crippen LogP contribution >= 0.6 is 0 Å². The Labute approximate surface area is 125 Å². The molecule has 0 heterocycles. The standard InChI is InChI=1S/C14H11FO6S/c1-21-12-7-11(16)10(6-13(12)22(18,19)20)14(17)8-2-4-9(15)5-3-8/h2-7,16H,1H3,(H,18,19,20). The number of methoxy groups -OCH3 is 1. The van der Waals surface area contributed by atoms with Crippen molar-refractivity contribution < 1.29 is 32.0 Å². The van der Waals surface area contributed by atoms with E-state index in [4.69, 9.17) is 9.29 Å². The van der Waals surface area contributed by atoms with Crippen molar-refractivity contribution in [3.05, 3.63) is 53.3 Å². The first-order valence-corrected chi connectivity index (χ1v) is 7.37. The Morgan fingerprint density at radius 2 is 1.77 bits per heavy atom. The van der Waals surface area contributed by atoms with Crippen molar-refractivity contribution >= 4 is 15.9 Å². The van der Waals surface area contributed by atoms with Gasteiger partial charge in [-0.25, -0.2) is 4.39 Å². The average Bonchev–Trinajstić information content (AvgIpc) is 2.45. The fourth-order valence-electron chi connectivity index (χ4n) is 1.85. The van der Waals surface area contributed by atoms with E-state index >= 15 is 0 Å². The summed E-state index contributed by atoms with van der Waals surface area (Å²) in [6, 6.07) is 6.19. The first kappa shape index (κ1) is 15.9. The molecule has 0 atom stereocenters. The summed E-state index contributed by atoms with van der Waals surface area (Å²) in [4.78, 5) is 11.6. The highest BCUT2D eigenvalue weighted by Crippen LogP contribution is 2.32.